The van der Waals surface area contributed by atoms with Crippen LogP contribution in [-0.4, -0.2) is 14.5 Å². The van der Waals surface area contributed by atoms with Crippen molar-refractivity contribution in [1.29, 1.82) is 0 Å². The fourth-order valence-corrected chi connectivity index (χ4v) is 2.08. The van der Waals surface area contributed by atoms with E-state index >= 15 is 0 Å². The summed E-state index contributed by atoms with van der Waals surface area (Å²) in [7, 11) is 0. The first-order valence-corrected chi connectivity index (χ1v) is 6.09. The van der Waals surface area contributed by atoms with Crippen molar-refractivity contribution in [3.05, 3.63) is 78.6 Å². The molecule has 3 rings (SSSR count). The second-order valence-electron chi connectivity index (χ2n) is 4.29. The van der Waals surface area contributed by atoms with Crippen molar-refractivity contribution >= 4 is 0 Å². The number of hydrogen-bond donors (Lipinski definition) is 1. The fourth-order valence-electron chi connectivity index (χ4n) is 2.08. The summed E-state index contributed by atoms with van der Waals surface area (Å²) in [5.41, 5.74) is 9.28. The van der Waals surface area contributed by atoms with Gasteiger partial charge in [-0.15, -0.1) is 0 Å². The minimum Gasteiger partial charge on any atom is -0.319 e. The predicted octanol–water partition coefficient (Wildman–Crippen LogP) is 2.32. The molecular weight excluding hydrogens is 236 g/mol. The largest absolute Gasteiger partial charge is 0.319 e. The van der Waals surface area contributed by atoms with Crippen LogP contribution in [0.25, 0.3) is 5.69 Å². The maximum atomic E-state index is 6.32. The SMILES string of the molecule is NC(c1ccccc1)c1cncn1-c1cccnc1. The second kappa shape index (κ2) is 5.04. The Bertz CT molecular complexity index is 646. The highest BCUT2D eigenvalue weighted by Gasteiger charge is 2.14. The lowest BCUT2D eigenvalue weighted by Crippen LogP contribution is -2.15. The number of nitrogens with two attached hydrogens (primary N) is 1. The number of benzene rings is 1. The monoisotopic (exact) mass is 250 g/mol. The van der Waals surface area contributed by atoms with Crippen LogP contribution in [0.4, 0.5) is 0 Å². The molecule has 0 bridgehead atoms. The van der Waals surface area contributed by atoms with Crippen molar-refractivity contribution in [2.24, 2.45) is 5.73 Å². The lowest BCUT2D eigenvalue weighted by Gasteiger charge is -2.14. The summed E-state index contributed by atoms with van der Waals surface area (Å²) in [5, 5.41) is 0. The lowest BCUT2D eigenvalue weighted by atomic mass is 10.1. The van der Waals surface area contributed by atoms with E-state index < -0.39 is 0 Å². The van der Waals surface area contributed by atoms with E-state index in [1.807, 2.05) is 47.0 Å². The molecule has 0 amide bonds. The minimum absolute atomic E-state index is 0.205. The Labute approximate surface area is 111 Å². The lowest BCUT2D eigenvalue weighted by molar-refractivity contribution is 0.792. The number of hydrogen-bond acceptors (Lipinski definition) is 3. The van der Waals surface area contributed by atoms with Gasteiger partial charge in [0.2, 0.25) is 0 Å². The predicted molar refractivity (Wildman–Crippen MR) is 73.8 cm³/mol. The molecule has 2 heterocycles. The average Bonchev–Trinajstić information content (AvgIpc) is 2.98. The van der Waals surface area contributed by atoms with E-state index in [2.05, 4.69) is 9.97 Å². The molecule has 1 atom stereocenters. The standard InChI is InChI=1S/C15H14N4/c16-15(12-5-2-1-3-6-12)14-10-18-11-19(14)13-7-4-8-17-9-13/h1-11,15H,16H2. The van der Waals surface area contributed by atoms with Gasteiger partial charge in [-0.3, -0.25) is 9.55 Å². The summed E-state index contributed by atoms with van der Waals surface area (Å²) in [6.07, 6.45) is 7.10. The molecule has 0 radical (unpaired) electrons. The number of imidazole rings is 1. The average molecular weight is 250 g/mol. The zero-order valence-electron chi connectivity index (χ0n) is 10.3. The van der Waals surface area contributed by atoms with Crippen LogP contribution in [0.3, 0.4) is 0 Å². The van der Waals surface area contributed by atoms with Gasteiger partial charge in [0.1, 0.15) is 0 Å². The Morgan fingerprint density at radius 1 is 0.947 bits per heavy atom. The molecule has 4 nitrogen and oxygen atoms in total. The zero-order valence-corrected chi connectivity index (χ0v) is 10.3. The molecule has 1 unspecified atom stereocenters. The van der Waals surface area contributed by atoms with E-state index in [9.17, 15) is 0 Å². The summed E-state index contributed by atoms with van der Waals surface area (Å²) in [5.74, 6) is 0. The van der Waals surface area contributed by atoms with Gasteiger partial charge >= 0.3 is 0 Å². The van der Waals surface area contributed by atoms with Gasteiger partial charge in [0.25, 0.3) is 0 Å². The van der Waals surface area contributed by atoms with Crippen molar-refractivity contribution in [3.8, 4) is 5.69 Å². The first-order chi connectivity index (χ1) is 9.36. The smallest absolute Gasteiger partial charge is 0.0995 e. The maximum absolute atomic E-state index is 6.32. The van der Waals surface area contributed by atoms with Crippen LogP contribution >= 0.6 is 0 Å². The molecule has 4 heteroatoms. The molecule has 0 aliphatic heterocycles. The molecule has 0 spiro atoms. The van der Waals surface area contributed by atoms with E-state index in [1.54, 1.807) is 24.9 Å². The van der Waals surface area contributed by atoms with Crippen molar-refractivity contribution < 1.29 is 0 Å². The molecule has 0 saturated carbocycles. The van der Waals surface area contributed by atoms with Crippen molar-refractivity contribution in [2.75, 3.05) is 0 Å². The summed E-state index contributed by atoms with van der Waals surface area (Å²) in [4.78, 5) is 8.32. The summed E-state index contributed by atoms with van der Waals surface area (Å²) in [6, 6.07) is 13.7. The van der Waals surface area contributed by atoms with Crippen LogP contribution in [0.2, 0.25) is 0 Å². The van der Waals surface area contributed by atoms with Gasteiger partial charge in [-0.1, -0.05) is 30.3 Å². The van der Waals surface area contributed by atoms with Crippen LogP contribution in [0.15, 0.2) is 67.4 Å². The number of nitrogens with zero attached hydrogens (tertiary/aromatic N) is 3. The highest BCUT2D eigenvalue weighted by atomic mass is 15.1. The Kier molecular flexibility index (Phi) is 3.08. The zero-order chi connectivity index (χ0) is 13.1. The molecule has 3 aromatic rings. The van der Waals surface area contributed by atoms with Gasteiger partial charge in [0.05, 0.1) is 36.1 Å². The van der Waals surface area contributed by atoms with Gasteiger partial charge in [0, 0.05) is 6.20 Å². The Morgan fingerprint density at radius 3 is 2.53 bits per heavy atom. The normalized spacial score (nSPS) is 12.3. The Balaban J connectivity index is 2.01. The summed E-state index contributed by atoms with van der Waals surface area (Å²) >= 11 is 0. The molecule has 0 aliphatic carbocycles. The van der Waals surface area contributed by atoms with Crippen LogP contribution in [-0.2, 0) is 0 Å². The highest BCUT2D eigenvalue weighted by Crippen LogP contribution is 2.21. The first kappa shape index (κ1) is 11.6. The quantitative estimate of drug-likeness (QED) is 0.776. The number of aromatic nitrogens is 3. The maximum Gasteiger partial charge on any atom is 0.0995 e. The third-order valence-electron chi connectivity index (χ3n) is 3.07. The van der Waals surface area contributed by atoms with Gasteiger partial charge in [-0.05, 0) is 17.7 Å². The first-order valence-electron chi connectivity index (χ1n) is 6.09. The van der Waals surface area contributed by atoms with Crippen molar-refractivity contribution in [1.82, 2.24) is 14.5 Å². The summed E-state index contributed by atoms with van der Waals surface area (Å²) in [6.45, 7) is 0. The van der Waals surface area contributed by atoms with Crippen molar-refractivity contribution in [3.63, 3.8) is 0 Å². The van der Waals surface area contributed by atoms with Gasteiger partial charge in [-0.2, -0.15) is 0 Å². The van der Waals surface area contributed by atoms with Gasteiger partial charge in [0.15, 0.2) is 0 Å². The molecule has 0 fully saturated rings. The van der Waals surface area contributed by atoms with Gasteiger partial charge in [-0.25, -0.2) is 4.98 Å². The second-order valence-corrected chi connectivity index (χ2v) is 4.29. The van der Waals surface area contributed by atoms with Crippen molar-refractivity contribution in [2.45, 2.75) is 6.04 Å². The molecule has 2 aromatic heterocycles. The third-order valence-corrected chi connectivity index (χ3v) is 3.07. The third kappa shape index (κ3) is 2.26. The minimum atomic E-state index is -0.205. The fraction of sp³-hybridized carbons (Fsp3) is 0.0667. The van der Waals surface area contributed by atoms with Crippen LogP contribution < -0.4 is 5.73 Å². The van der Waals surface area contributed by atoms with Crippen LogP contribution in [0.1, 0.15) is 17.3 Å². The number of pyridine rings is 1. The van der Waals surface area contributed by atoms with Gasteiger partial charge < -0.3 is 5.73 Å². The van der Waals surface area contributed by atoms with E-state index in [1.165, 1.54) is 0 Å². The van der Waals surface area contributed by atoms with E-state index in [4.69, 9.17) is 5.73 Å². The van der Waals surface area contributed by atoms with E-state index in [-0.39, 0.29) is 6.04 Å². The molecule has 0 aliphatic rings. The molecular formula is C15H14N4. The topological polar surface area (TPSA) is 56.7 Å². The molecule has 19 heavy (non-hydrogen) atoms. The van der Waals surface area contributed by atoms with E-state index in [0.29, 0.717) is 0 Å². The molecule has 2 N–H and O–H groups in total. The van der Waals surface area contributed by atoms with Crippen LogP contribution in [0.5, 0.6) is 0 Å². The summed E-state index contributed by atoms with van der Waals surface area (Å²) < 4.78 is 1.96. The van der Waals surface area contributed by atoms with Crippen LogP contribution in [0, 0.1) is 0 Å². The number of rotatable bonds is 3. The highest BCUT2D eigenvalue weighted by molar-refractivity contribution is 5.34. The van der Waals surface area contributed by atoms with E-state index in [0.717, 1.165) is 16.9 Å². The molecule has 0 saturated heterocycles. The molecule has 94 valence electrons. The Morgan fingerprint density at radius 2 is 1.79 bits per heavy atom. The Hall–Kier alpha value is -2.46. The molecule has 1 aromatic carbocycles.